The van der Waals surface area contributed by atoms with E-state index in [9.17, 15) is 9.59 Å². The van der Waals surface area contributed by atoms with E-state index in [4.69, 9.17) is 4.98 Å². The van der Waals surface area contributed by atoms with Gasteiger partial charge in [0.2, 0.25) is 0 Å². The zero-order valence-electron chi connectivity index (χ0n) is 15.1. The van der Waals surface area contributed by atoms with Crippen LogP contribution in [0.4, 0.5) is 0 Å². The van der Waals surface area contributed by atoms with E-state index in [-0.39, 0.29) is 17.6 Å². The number of ether oxygens (including phenoxy) is 1. The minimum Gasteiger partial charge on any atom is -0.469 e. The minimum atomic E-state index is -0.188. The van der Waals surface area contributed by atoms with E-state index >= 15 is 0 Å². The third-order valence-electron chi connectivity index (χ3n) is 4.95. The zero-order chi connectivity index (χ0) is 18.0. The zero-order valence-corrected chi connectivity index (χ0v) is 15.9. The highest BCUT2D eigenvalue weighted by atomic mass is 32.1. The molecule has 25 heavy (non-hydrogen) atoms. The number of carbonyl (C=O) groups excluding carboxylic acids is 1. The Labute approximate surface area is 151 Å². The van der Waals surface area contributed by atoms with Gasteiger partial charge < -0.3 is 15.0 Å². The number of carbonyl (C=O) groups is 1. The standard InChI is InChI=1S/C18H25N3O3S/c1-10-6-7-12-13(9-10)25-18-15(12)17(23)20-16(21-18)11(2)19-8-4-5-14(22)24-3/h10-11,19H,4-9H2,1-3H3,(H,20,21,23)/p+1/t10-,11+/m0/s1. The maximum atomic E-state index is 12.6. The number of aromatic nitrogens is 2. The topological polar surface area (TPSA) is 88.7 Å². The predicted octanol–water partition coefficient (Wildman–Crippen LogP) is 1.69. The highest BCUT2D eigenvalue weighted by molar-refractivity contribution is 7.18. The van der Waals surface area contributed by atoms with Crippen LogP contribution in [0, 0.1) is 5.92 Å². The summed E-state index contributed by atoms with van der Waals surface area (Å²) >= 11 is 1.68. The van der Waals surface area contributed by atoms with Crippen LogP contribution in [0.2, 0.25) is 0 Å². The second kappa shape index (κ2) is 7.66. The summed E-state index contributed by atoms with van der Waals surface area (Å²) in [6.45, 7) is 5.08. The van der Waals surface area contributed by atoms with Crippen molar-refractivity contribution in [2.45, 2.75) is 52.0 Å². The Morgan fingerprint density at radius 2 is 2.32 bits per heavy atom. The molecule has 1 aliphatic carbocycles. The Morgan fingerprint density at radius 3 is 3.08 bits per heavy atom. The molecule has 0 aromatic carbocycles. The number of esters is 1. The van der Waals surface area contributed by atoms with Crippen LogP contribution in [0.15, 0.2) is 4.79 Å². The van der Waals surface area contributed by atoms with E-state index in [0.717, 1.165) is 42.4 Å². The van der Waals surface area contributed by atoms with Gasteiger partial charge in [-0.15, -0.1) is 11.3 Å². The lowest BCUT2D eigenvalue weighted by Gasteiger charge is -2.17. The molecule has 0 aliphatic heterocycles. The molecule has 6 nitrogen and oxygen atoms in total. The van der Waals surface area contributed by atoms with Crippen molar-refractivity contribution in [1.29, 1.82) is 0 Å². The van der Waals surface area contributed by atoms with Gasteiger partial charge in [-0.3, -0.25) is 9.59 Å². The average molecular weight is 364 g/mol. The summed E-state index contributed by atoms with van der Waals surface area (Å²) in [6, 6.07) is 0.0489. The molecule has 0 saturated carbocycles. The van der Waals surface area contributed by atoms with E-state index in [1.165, 1.54) is 17.6 Å². The van der Waals surface area contributed by atoms with Crippen LogP contribution >= 0.6 is 11.3 Å². The lowest BCUT2D eigenvalue weighted by molar-refractivity contribution is -0.694. The highest BCUT2D eigenvalue weighted by Crippen LogP contribution is 2.35. The summed E-state index contributed by atoms with van der Waals surface area (Å²) in [4.78, 5) is 33.7. The maximum Gasteiger partial charge on any atom is 0.305 e. The molecule has 0 spiro atoms. The quantitative estimate of drug-likeness (QED) is 0.603. The third kappa shape index (κ3) is 3.93. The first-order valence-electron chi connectivity index (χ1n) is 8.94. The summed E-state index contributed by atoms with van der Waals surface area (Å²) in [5, 5.41) is 2.90. The van der Waals surface area contributed by atoms with Crippen molar-refractivity contribution in [2.75, 3.05) is 13.7 Å². The molecule has 3 rings (SSSR count). The van der Waals surface area contributed by atoms with Crippen LogP contribution in [-0.2, 0) is 22.4 Å². The van der Waals surface area contributed by atoms with Gasteiger partial charge in [0.15, 0.2) is 5.82 Å². The van der Waals surface area contributed by atoms with E-state index in [2.05, 4.69) is 22.0 Å². The molecule has 1 aliphatic rings. The molecule has 0 radical (unpaired) electrons. The molecule has 2 atom stereocenters. The maximum absolute atomic E-state index is 12.6. The normalized spacial score (nSPS) is 18.1. The molecule has 2 heterocycles. The fourth-order valence-electron chi connectivity index (χ4n) is 3.41. The minimum absolute atomic E-state index is 0.0122. The molecule has 0 amide bonds. The van der Waals surface area contributed by atoms with Gasteiger partial charge in [-0.05, 0) is 37.7 Å². The summed E-state index contributed by atoms with van der Waals surface area (Å²) in [5.41, 5.74) is 1.20. The number of hydrogen-bond acceptors (Lipinski definition) is 5. The smallest absolute Gasteiger partial charge is 0.305 e. The van der Waals surface area contributed by atoms with Gasteiger partial charge in [0.25, 0.3) is 5.56 Å². The Kier molecular flexibility index (Phi) is 5.54. The second-order valence-electron chi connectivity index (χ2n) is 6.98. The third-order valence-corrected chi connectivity index (χ3v) is 6.10. The second-order valence-corrected chi connectivity index (χ2v) is 8.06. The predicted molar refractivity (Wildman–Crippen MR) is 97.9 cm³/mol. The Morgan fingerprint density at radius 1 is 1.52 bits per heavy atom. The van der Waals surface area contributed by atoms with Crippen molar-refractivity contribution in [2.24, 2.45) is 5.92 Å². The number of nitrogens with two attached hydrogens (primary N) is 1. The molecule has 136 valence electrons. The van der Waals surface area contributed by atoms with Crippen LogP contribution in [0.1, 0.15) is 55.4 Å². The van der Waals surface area contributed by atoms with E-state index in [1.54, 1.807) is 11.3 Å². The summed E-state index contributed by atoms with van der Waals surface area (Å²) in [5.74, 6) is 1.20. The number of quaternary nitrogens is 1. The van der Waals surface area contributed by atoms with Crippen LogP contribution in [0.25, 0.3) is 10.2 Å². The number of H-pyrrole nitrogens is 1. The first-order chi connectivity index (χ1) is 12.0. The number of aryl methyl sites for hydroxylation is 1. The van der Waals surface area contributed by atoms with Gasteiger partial charge in [-0.2, -0.15) is 0 Å². The molecule has 2 aromatic rings. The lowest BCUT2D eigenvalue weighted by Crippen LogP contribution is -2.85. The molecule has 2 aromatic heterocycles. The molecule has 0 unspecified atom stereocenters. The Bertz CT molecular complexity index is 827. The van der Waals surface area contributed by atoms with Gasteiger partial charge in [0.05, 0.1) is 25.5 Å². The van der Waals surface area contributed by atoms with Gasteiger partial charge in [-0.1, -0.05) is 6.92 Å². The van der Waals surface area contributed by atoms with Crippen molar-refractivity contribution in [3.63, 3.8) is 0 Å². The number of aromatic amines is 1. The van der Waals surface area contributed by atoms with Crippen molar-refractivity contribution >= 4 is 27.5 Å². The number of rotatable bonds is 6. The molecule has 0 saturated heterocycles. The number of fused-ring (bicyclic) bond motifs is 3. The van der Waals surface area contributed by atoms with Crippen LogP contribution in [0.5, 0.6) is 0 Å². The number of nitrogens with zero attached hydrogens (tertiary/aromatic N) is 1. The average Bonchev–Trinajstić information content (AvgIpc) is 2.95. The van der Waals surface area contributed by atoms with Crippen molar-refractivity contribution < 1.29 is 14.8 Å². The van der Waals surface area contributed by atoms with E-state index in [0.29, 0.717) is 18.2 Å². The molecule has 0 bridgehead atoms. The Hall–Kier alpha value is -1.73. The summed E-state index contributed by atoms with van der Waals surface area (Å²) in [6.07, 6.45) is 4.34. The van der Waals surface area contributed by atoms with Gasteiger partial charge in [-0.25, -0.2) is 4.98 Å². The monoisotopic (exact) mass is 364 g/mol. The first kappa shape index (κ1) is 18.1. The molecule has 0 fully saturated rings. The first-order valence-corrected chi connectivity index (χ1v) is 9.75. The van der Waals surface area contributed by atoms with Crippen molar-refractivity contribution in [3.8, 4) is 0 Å². The number of thiophene rings is 1. The van der Waals surface area contributed by atoms with E-state index in [1.807, 2.05) is 6.92 Å². The molecule has 7 heteroatoms. The fraction of sp³-hybridized carbons (Fsp3) is 0.611. The van der Waals surface area contributed by atoms with Gasteiger partial charge in [0.1, 0.15) is 10.9 Å². The van der Waals surface area contributed by atoms with Gasteiger partial charge in [0, 0.05) is 11.3 Å². The van der Waals surface area contributed by atoms with Crippen molar-refractivity contribution in [3.05, 3.63) is 26.6 Å². The number of methoxy groups -OCH3 is 1. The molecular weight excluding hydrogens is 338 g/mol. The van der Waals surface area contributed by atoms with Crippen LogP contribution in [0.3, 0.4) is 0 Å². The number of nitrogens with one attached hydrogen (secondary N) is 1. The Balaban J connectivity index is 1.74. The largest absolute Gasteiger partial charge is 0.469 e. The summed E-state index contributed by atoms with van der Waals surface area (Å²) in [7, 11) is 1.40. The van der Waals surface area contributed by atoms with E-state index < -0.39 is 0 Å². The SMILES string of the molecule is COC(=O)CCC[NH2+][C@H](C)c1nc2sc3c(c2c(=O)[nH]1)CC[C@H](C)C3. The van der Waals surface area contributed by atoms with Crippen molar-refractivity contribution in [1.82, 2.24) is 9.97 Å². The molecular formula is C18H26N3O3S+. The van der Waals surface area contributed by atoms with Crippen LogP contribution in [-0.4, -0.2) is 29.6 Å². The van der Waals surface area contributed by atoms with Gasteiger partial charge >= 0.3 is 5.97 Å². The summed E-state index contributed by atoms with van der Waals surface area (Å²) < 4.78 is 4.64. The highest BCUT2D eigenvalue weighted by Gasteiger charge is 2.24. The number of hydrogen-bond donors (Lipinski definition) is 2. The fourth-order valence-corrected chi connectivity index (χ4v) is 4.80. The van der Waals surface area contributed by atoms with Crippen LogP contribution < -0.4 is 10.9 Å². The lowest BCUT2D eigenvalue weighted by atomic mass is 9.89. The molecule has 3 N–H and O–H groups in total.